The first kappa shape index (κ1) is 25.5. The van der Waals surface area contributed by atoms with Crippen LogP contribution in [0.15, 0.2) is 36.4 Å². The van der Waals surface area contributed by atoms with E-state index in [4.69, 9.17) is 26.8 Å². The third-order valence-electron chi connectivity index (χ3n) is 6.06. The van der Waals surface area contributed by atoms with E-state index in [1.54, 1.807) is 13.2 Å². The van der Waals surface area contributed by atoms with E-state index < -0.39 is 6.09 Å². The number of amides is 2. The average Bonchev–Trinajstić information content (AvgIpc) is 2.84. The molecule has 1 aliphatic heterocycles. The van der Waals surface area contributed by atoms with Crippen molar-refractivity contribution in [1.29, 1.82) is 0 Å². The van der Waals surface area contributed by atoms with Crippen molar-refractivity contribution < 1.29 is 24.2 Å². The minimum Gasteiger partial charge on any atom is -0.497 e. The zero-order valence-corrected chi connectivity index (χ0v) is 20.1. The number of piperidine rings is 1. The fourth-order valence-electron chi connectivity index (χ4n) is 4.12. The average molecular weight is 491 g/mol. The van der Waals surface area contributed by atoms with E-state index in [0.29, 0.717) is 46.8 Å². The molecule has 34 heavy (non-hydrogen) atoms. The van der Waals surface area contributed by atoms with Crippen molar-refractivity contribution in [1.82, 2.24) is 15.5 Å². The van der Waals surface area contributed by atoms with Crippen molar-refractivity contribution in [3.63, 3.8) is 0 Å². The van der Waals surface area contributed by atoms with Gasteiger partial charge in [-0.05, 0) is 55.6 Å². The van der Waals surface area contributed by atoms with Crippen LogP contribution < -0.4 is 25.8 Å². The first-order chi connectivity index (χ1) is 16.3. The molecule has 1 aliphatic rings. The third kappa shape index (κ3) is 6.68. The number of benzene rings is 2. The van der Waals surface area contributed by atoms with Crippen LogP contribution in [0.2, 0.25) is 5.02 Å². The summed E-state index contributed by atoms with van der Waals surface area (Å²) in [6, 6.07) is 10.1. The van der Waals surface area contributed by atoms with Gasteiger partial charge in [0, 0.05) is 19.2 Å². The SMILES string of the molecule is COc1cccc(C(CN2CCC(CNC(=O)c3cc(Cl)c(N)cc3OC)CC2)NC(=O)O)c1. The van der Waals surface area contributed by atoms with Gasteiger partial charge in [0.1, 0.15) is 11.5 Å². The Kier molecular flexibility index (Phi) is 8.84. The van der Waals surface area contributed by atoms with Gasteiger partial charge in [0.15, 0.2) is 0 Å². The number of nitrogens with zero attached hydrogens (tertiary/aromatic N) is 1. The van der Waals surface area contributed by atoms with Crippen molar-refractivity contribution in [3.05, 3.63) is 52.5 Å². The summed E-state index contributed by atoms with van der Waals surface area (Å²) in [6.45, 7) is 2.70. The van der Waals surface area contributed by atoms with Crippen LogP contribution in [-0.4, -0.2) is 62.4 Å². The van der Waals surface area contributed by atoms with E-state index >= 15 is 0 Å². The molecule has 9 nitrogen and oxygen atoms in total. The molecule has 2 aromatic rings. The molecule has 1 unspecified atom stereocenters. The Bertz CT molecular complexity index is 1010. The number of likely N-dealkylation sites (tertiary alicyclic amines) is 1. The number of nitrogen functional groups attached to an aromatic ring is 1. The number of rotatable bonds is 9. The quantitative estimate of drug-likeness (QED) is 0.397. The predicted molar refractivity (Wildman–Crippen MR) is 131 cm³/mol. The lowest BCUT2D eigenvalue weighted by molar-refractivity contribution is 0.0932. The number of carboxylic acid groups (broad SMARTS) is 1. The number of ether oxygens (including phenoxy) is 2. The van der Waals surface area contributed by atoms with Crippen molar-refractivity contribution in [3.8, 4) is 11.5 Å². The van der Waals surface area contributed by atoms with E-state index in [1.807, 2.05) is 24.3 Å². The summed E-state index contributed by atoms with van der Waals surface area (Å²) in [5.74, 6) is 1.12. The van der Waals surface area contributed by atoms with Crippen LogP contribution in [0.25, 0.3) is 0 Å². The van der Waals surface area contributed by atoms with Gasteiger partial charge >= 0.3 is 6.09 Å². The Morgan fingerprint density at radius 3 is 2.59 bits per heavy atom. The molecule has 3 rings (SSSR count). The van der Waals surface area contributed by atoms with Crippen LogP contribution in [0.1, 0.15) is 34.8 Å². The Morgan fingerprint density at radius 1 is 1.21 bits per heavy atom. The molecule has 0 aromatic heterocycles. The van der Waals surface area contributed by atoms with Crippen LogP contribution in [-0.2, 0) is 0 Å². The summed E-state index contributed by atoms with van der Waals surface area (Å²) in [5.41, 5.74) is 7.35. The molecule has 0 bridgehead atoms. The highest BCUT2D eigenvalue weighted by Crippen LogP contribution is 2.29. The number of carbonyl (C=O) groups excluding carboxylic acids is 1. The van der Waals surface area contributed by atoms with Gasteiger partial charge in [-0.1, -0.05) is 23.7 Å². The van der Waals surface area contributed by atoms with Crippen molar-refractivity contribution >= 4 is 29.3 Å². The summed E-state index contributed by atoms with van der Waals surface area (Å²) < 4.78 is 10.5. The maximum Gasteiger partial charge on any atom is 0.405 e. The number of nitrogens with two attached hydrogens (primary N) is 1. The molecule has 0 saturated carbocycles. The summed E-state index contributed by atoms with van der Waals surface area (Å²) in [7, 11) is 3.06. The molecule has 0 radical (unpaired) electrons. The van der Waals surface area contributed by atoms with Gasteiger partial charge < -0.3 is 35.8 Å². The van der Waals surface area contributed by atoms with Crippen LogP contribution >= 0.6 is 11.6 Å². The molecule has 1 saturated heterocycles. The number of halogens is 1. The zero-order valence-electron chi connectivity index (χ0n) is 19.3. The molecule has 2 amide bonds. The maximum atomic E-state index is 12.7. The maximum absolute atomic E-state index is 12.7. The smallest absolute Gasteiger partial charge is 0.405 e. The second kappa shape index (κ2) is 11.8. The lowest BCUT2D eigenvalue weighted by Crippen LogP contribution is -2.43. The first-order valence-electron chi connectivity index (χ1n) is 11.1. The Hall–Kier alpha value is -3.17. The molecule has 0 spiro atoms. The van der Waals surface area contributed by atoms with Gasteiger partial charge in [0.2, 0.25) is 0 Å². The minimum absolute atomic E-state index is 0.259. The lowest BCUT2D eigenvalue weighted by atomic mass is 9.95. The third-order valence-corrected chi connectivity index (χ3v) is 6.38. The largest absolute Gasteiger partial charge is 0.497 e. The topological polar surface area (TPSA) is 126 Å². The molecule has 1 heterocycles. The zero-order chi connectivity index (χ0) is 24.7. The van der Waals surface area contributed by atoms with Crippen molar-refractivity contribution in [2.45, 2.75) is 18.9 Å². The van der Waals surface area contributed by atoms with Crippen LogP contribution in [0.5, 0.6) is 11.5 Å². The summed E-state index contributed by atoms with van der Waals surface area (Å²) in [4.78, 5) is 26.3. The van der Waals surface area contributed by atoms with E-state index in [1.165, 1.54) is 13.2 Å². The second-order valence-corrected chi connectivity index (χ2v) is 8.71. The van der Waals surface area contributed by atoms with E-state index in [9.17, 15) is 14.7 Å². The number of hydrogen-bond acceptors (Lipinski definition) is 6. The number of nitrogens with one attached hydrogen (secondary N) is 2. The molecule has 184 valence electrons. The van der Waals surface area contributed by atoms with Gasteiger partial charge in [0.25, 0.3) is 5.91 Å². The van der Waals surface area contributed by atoms with Gasteiger partial charge in [-0.3, -0.25) is 4.79 Å². The fourth-order valence-corrected chi connectivity index (χ4v) is 4.28. The number of methoxy groups -OCH3 is 2. The van der Waals surface area contributed by atoms with E-state index in [0.717, 1.165) is 31.5 Å². The van der Waals surface area contributed by atoms with Crippen LogP contribution in [0, 0.1) is 5.92 Å². The van der Waals surface area contributed by atoms with Gasteiger partial charge in [-0.25, -0.2) is 4.79 Å². The minimum atomic E-state index is -1.07. The Balaban J connectivity index is 1.53. The van der Waals surface area contributed by atoms with Crippen molar-refractivity contribution in [2.24, 2.45) is 5.92 Å². The highest BCUT2D eigenvalue weighted by atomic mass is 35.5. The van der Waals surface area contributed by atoms with E-state index in [-0.39, 0.29) is 11.9 Å². The highest BCUT2D eigenvalue weighted by Gasteiger charge is 2.25. The van der Waals surface area contributed by atoms with E-state index in [2.05, 4.69) is 15.5 Å². The number of carbonyl (C=O) groups is 2. The van der Waals surface area contributed by atoms with Gasteiger partial charge in [0.05, 0.1) is 36.5 Å². The predicted octanol–water partition coefficient (Wildman–Crippen LogP) is 3.39. The van der Waals surface area contributed by atoms with Gasteiger partial charge in [-0.2, -0.15) is 0 Å². The molecule has 1 atom stereocenters. The molecular formula is C24H31ClN4O5. The Morgan fingerprint density at radius 2 is 1.94 bits per heavy atom. The summed E-state index contributed by atoms with van der Waals surface area (Å²) in [6.07, 6.45) is 0.707. The number of anilines is 1. The molecule has 5 N–H and O–H groups in total. The normalized spacial score (nSPS) is 15.4. The van der Waals surface area contributed by atoms with Crippen LogP contribution in [0.3, 0.4) is 0 Å². The standard InChI is InChI=1S/C24H31ClN4O5/c1-33-17-5-3-4-16(10-17)21(28-24(31)32)14-29-8-6-15(7-9-29)13-27-23(30)18-11-19(25)20(26)12-22(18)34-2/h3-5,10-12,15,21,28H,6-9,13-14,26H2,1-2H3,(H,27,30)(H,31,32). The lowest BCUT2D eigenvalue weighted by Gasteiger charge is -2.34. The molecule has 10 heteroatoms. The number of hydrogen-bond donors (Lipinski definition) is 4. The van der Waals surface area contributed by atoms with Crippen LogP contribution in [0.4, 0.5) is 10.5 Å². The molecule has 1 fully saturated rings. The second-order valence-electron chi connectivity index (χ2n) is 8.31. The summed E-state index contributed by atoms with van der Waals surface area (Å²) >= 11 is 6.07. The molecule has 2 aromatic carbocycles. The first-order valence-corrected chi connectivity index (χ1v) is 11.5. The Labute approximate surface area is 204 Å². The van der Waals surface area contributed by atoms with Gasteiger partial charge in [-0.15, -0.1) is 0 Å². The summed E-state index contributed by atoms with van der Waals surface area (Å²) in [5, 5.41) is 15.2. The fraction of sp³-hybridized carbons (Fsp3) is 0.417. The monoisotopic (exact) mass is 490 g/mol. The molecular weight excluding hydrogens is 460 g/mol. The van der Waals surface area contributed by atoms with Crippen molar-refractivity contribution in [2.75, 3.05) is 46.1 Å². The highest BCUT2D eigenvalue weighted by molar-refractivity contribution is 6.33. The molecule has 0 aliphatic carbocycles.